The summed E-state index contributed by atoms with van der Waals surface area (Å²) in [6.07, 6.45) is 3.37. The number of rotatable bonds is 5. The molecule has 0 N–H and O–H groups in total. The fourth-order valence-electron chi connectivity index (χ4n) is 0.994. The van der Waals surface area contributed by atoms with E-state index in [1.807, 2.05) is 6.20 Å². The van der Waals surface area contributed by atoms with Gasteiger partial charge in [0.15, 0.2) is 0 Å². The smallest absolute Gasteiger partial charge is 0.133 e. The normalized spacial score (nSPS) is 11.1. The Morgan fingerprint density at radius 1 is 1.06 bits per heavy atom. The Morgan fingerprint density at radius 3 is 1.44 bits per heavy atom. The molecule has 0 saturated heterocycles. The first-order valence-electron chi connectivity index (χ1n) is 6.05. The molecule has 2 nitrogen and oxygen atoms in total. The average molecular weight is 228 g/mol. The zero-order valence-corrected chi connectivity index (χ0v) is 12.2. The van der Waals surface area contributed by atoms with Crippen molar-refractivity contribution in [2.45, 2.75) is 40.5 Å². The van der Waals surface area contributed by atoms with Gasteiger partial charge >= 0.3 is 0 Å². The highest BCUT2D eigenvalue weighted by atomic mass is 16.1. The topological polar surface area (TPSA) is 17.1 Å². The molecule has 0 aliphatic carbocycles. The Labute approximate surface area is 102 Å². The molecule has 0 rings (SSSR count). The van der Waals surface area contributed by atoms with E-state index < -0.39 is 0 Å². The first-order chi connectivity index (χ1) is 7.08. The second-order valence-electron chi connectivity index (χ2n) is 6.03. The lowest BCUT2D eigenvalue weighted by atomic mass is 10.00. The summed E-state index contributed by atoms with van der Waals surface area (Å²) in [5.74, 6) is 1.45. The lowest BCUT2D eigenvalue weighted by Crippen LogP contribution is -2.25. The first kappa shape index (κ1) is 17.8. The molecule has 0 radical (unpaired) electrons. The van der Waals surface area contributed by atoms with Crippen LogP contribution in [0.15, 0.2) is 12.8 Å². The van der Waals surface area contributed by atoms with Crippen molar-refractivity contribution in [3.63, 3.8) is 0 Å². The standard InChI is InChI=1S/C9H18O.C5H12N/c1-7(2)5-9(10)6-8(3)4;1-5-6(2,3)4/h7-8H,5-6H2,1-4H3;5H,1H2,2-4H3/q;+1. The van der Waals surface area contributed by atoms with Crippen LogP contribution in [0.25, 0.3) is 0 Å². The summed E-state index contributed by atoms with van der Waals surface area (Å²) < 4.78 is 0.833. The third kappa shape index (κ3) is 19.0. The maximum Gasteiger partial charge on any atom is 0.133 e. The average Bonchev–Trinajstić information content (AvgIpc) is 2.00. The number of hydrogen-bond donors (Lipinski definition) is 0. The van der Waals surface area contributed by atoms with Crippen molar-refractivity contribution in [2.75, 3.05) is 21.1 Å². The number of ketones is 1. The van der Waals surface area contributed by atoms with E-state index in [0.717, 1.165) is 17.3 Å². The summed E-state index contributed by atoms with van der Waals surface area (Å²) in [7, 11) is 6.19. The molecular formula is C14H30NO+. The second-order valence-corrected chi connectivity index (χ2v) is 6.03. The van der Waals surface area contributed by atoms with E-state index in [4.69, 9.17) is 0 Å². The lowest BCUT2D eigenvalue weighted by Gasteiger charge is -2.15. The Balaban J connectivity index is 0. The second kappa shape index (κ2) is 8.51. The van der Waals surface area contributed by atoms with E-state index in [2.05, 4.69) is 55.4 Å². The van der Waals surface area contributed by atoms with Crippen LogP contribution in [-0.2, 0) is 4.79 Å². The maximum atomic E-state index is 11.1. The van der Waals surface area contributed by atoms with Crippen LogP contribution in [0.3, 0.4) is 0 Å². The molecule has 16 heavy (non-hydrogen) atoms. The fourth-order valence-corrected chi connectivity index (χ4v) is 0.994. The minimum Gasteiger partial charge on any atom is -0.305 e. The van der Waals surface area contributed by atoms with Crippen LogP contribution in [0.2, 0.25) is 0 Å². The zero-order valence-electron chi connectivity index (χ0n) is 12.2. The predicted octanol–water partition coefficient (Wildman–Crippen LogP) is 3.48. The molecular weight excluding hydrogens is 198 g/mol. The van der Waals surface area contributed by atoms with Gasteiger partial charge in [0, 0.05) is 12.8 Å². The van der Waals surface area contributed by atoms with E-state index >= 15 is 0 Å². The molecule has 0 atom stereocenters. The molecule has 0 spiro atoms. The molecule has 0 aromatic heterocycles. The zero-order chi connectivity index (χ0) is 13.4. The Hall–Kier alpha value is -0.630. The summed E-state index contributed by atoms with van der Waals surface area (Å²) in [6, 6.07) is 0. The number of nitrogens with zero attached hydrogens (tertiary/aromatic N) is 1. The molecule has 0 aliphatic heterocycles. The van der Waals surface area contributed by atoms with E-state index in [-0.39, 0.29) is 0 Å². The monoisotopic (exact) mass is 228 g/mol. The Bertz CT molecular complexity index is 187. The summed E-state index contributed by atoms with van der Waals surface area (Å²) in [5, 5.41) is 0. The molecule has 0 heterocycles. The predicted molar refractivity (Wildman–Crippen MR) is 72.1 cm³/mol. The summed E-state index contributed by atoms with van der Waals surface area (Å²) in [6.45, 7) is 11.9. The van der Waals surface area contributed by atoms with Crippen LogP contribution in [-0.4, -0.2) is 31.4 Å². The summed E-state index contributed by atoms with van der Waals surface area (Å²) >= 11 is 0. The van der Waals surface area contributed by atoms with Gasteiger partial charge in [-0.2, -0.15) is 0 Å². The molecule has 2 heteroatoms. The van der Waals surface area contributed by atoms with Crippen molar-refractivity contribution in [3.05, 3.63) is 12.8 Å². The van der Waals surface area contributed by atoms with E-state index in [0.29, 0.717) is 17.6 Å². The van der Waals surface area contributed by atoms with Crippen molar-refractivity contribution in [2.24, 2.45) is 11.8 Å². The fraction of sp³-hybridized carbons (Fsp3) is 0.786. The van der Waals surface area contributed by atoms with Crippen LogP contribution in [0.5, 0.6) is 0 Å². The molecule has 0 aromatic carbocycles. The molecule has 0 saturated carbocycles. The van der Waals surface area contributed by atoms with Crippen LogP contribution in [0, 0.1) is 11.8 Å². The third-order valence-corrected chi connectivity index (χ3v) is 1.82. The molecule has 0 unspecified atom stereocenters. The van der Waals surface area contributed by atoms with Crippen LogP contribution in [0.4, 0.5) is 0 Å². The number of carbonyl (C=O) groups is 1. The van der Waals surface area contributed by atoms with Crippen LogP contribution >= 0.6 is 0 Å². The summed E-state index contributed by atoms with van der Waals surface area (Å²) in [5.41, 5.74) is 0. The number of carbonyl (C=O) groups excluding carboxylic acids is 1. The van der Waals surface area contributed by atoms with Gasteiger partial charge in [0.05, 0.1) is 27.3 Å². The van der Waals surface area contributed by atoms with Crippen molar-refractivity contribution in [3.8, 4) is 0 Å². The molecule has 0 aliphatic rings. The van der Waals surface area contributed by atoms with Gasteiger partial charge < -0.3 is 4.48 Å². The van der Waals surface area contributed by atoms with Crippen LogP contribution in [0.1, 0.15) is 40.5 Å². The molecule has 0 aromatic rings. The highest BCUT2D eigenvalue weighted by Gasteiger charge is 2.06. The minimum atomic E-state index is 0.407. The van der Waals surface area contributed by atoms with Gasteiger partial charge in [0.25, 0.3) is 0 Å². The van der Waals surface area contributed by atoms with Gasteiger partial charge in [0.1, 0.15) is 5.78 Å². The maximum absolute atomic E-state index is 11.1. The number of hydrogen-bond acceptors (Lipinski definition) is 1. The lowest BCUT2D eigenvalue weighted by molar-refractivity contribution is -0.816. The molecule has 0 amide bonds. The number of quaternary nitrogens is 1. The minimum absolute atomic E-state index is 0.407. The quantitative estimate of drug-likeness (QED) is 0.658. The van der Waals surface area contributed by atoms with Gasteiger partial charge in [-0.05, 0) is 18.4 Å². The third-order valence-electron chi connectivity index (χ3n) is 1.82. The molecule has 0 fully saturated rings. The SMILES string of the molecule is C=C[N+](C)(C)C.CC(C)CC(=O)CC(C)C. The van der Waals surface area contributed by atoms with Gasteiger partial charge in [-0.15, -0.1) is 0 Å². The van der Waals surface area contributed by atoms with Crippen molar-refractivity contribution in [1.29, 1.82) is 0 Å². The van der Waals surface area contributed by atoms with E-state index in [1.54, 1.807) is 0 Å². The van der Waals surface area contributed by atoms with Crippen molar-refractivity contribution >= 4 is 5.78 Å². The first-order valence-corrected chi connectivity index (χ1v) is 6.05. The molecule has 0 bridgehead atoms. The van der Waals surface area contributed by atoms with E-state index in [9.17, 15) is 4.79 Å². The van der Waals surface area contributed by atoms with Gasteiger partial charge in [-0.25, -0.2) is 0 Å². The Kier molecular flexibility index (Phi) is 9.45. The van der Waals surface area contributed by atoms with Gasteiger partial charge in [0.2, 0.25) is 0 Å². The number of Topliss-reactive ketones (excluding diaryl/α,β-unsaturated/α-hetero) is 1. The van der Waals surface area contributed by atoms with Crippen molar-refractivity contribution in [1.82, 2.24) is 0 Å². The highest BCUT2D eigenvalue weighted by molar-refractivity contribution is 5.78. The van der Waals surface area contributed by atoms with E-state index in [1.165, 1.54) is 0 Å². The highest BCUT2D eigenvalue weighted by Crippen LogP contribution is 2.07. The van der Waals surface area contributed by atoms with Crippen LogP contribution < -0.4 is 0 Å². The van der Waals surface area contributed by atoms with Gasteiger partial charge in [-0.3, -0.25) is 4.79 Å². The Morgan fingerprint density at radius 2 is 1.31 bits per heavy atom. The molecule has 96 valence electrons. The van der Waals surface area contributed by atoms with Gasteiger partial charge in [-0.1, -0.05) is 27.7 Å². The largest absolute Gasteiger partial charge is 0.305 e. The summed E-state index contributed by atoms with van der Waals surface area (Å²) in [4.78, 5) is 11.1. The van der Waals surface area contributed by atoms with Crippen molar-refractivity contribution < 1.29 is 9.28 Å².